The molecule has 5 heteroatoms. The minimum absolute atomic E-state index is 0.323. The van der Waals surface area contributed by atoms with E-state index in [4.69, 9.17) is 0 Å². The lowest BCUT2D eigenvalue weighted by molar-refractivity contribution is -0.114. The zero-order chi connectivity index (χ0) is 17.4. The second kappa shape index (κ2) is 5.94. The molecule has 0 fully saturated rings. The molecule has 0 unspecified atom stereocenters. The Hall–Kier alpha value is -3.34. The molecule has 4 nitrogen and oxygen atoms in total. The number of hydrogen-bond acceptors (Lipinski definition) is 3. The number of benzene rings is 2. The third-order valence-electron chi connectivity index (χ3n) is 4.23. The third kappa shape index (κ3) is 2.70. The summed E-state index contributed by atoms with van der Waals surface area (Å²) in [7, 11) is 0. The molecule has 2 aromatic carbocycles. The molecule has 0 bridgehead atoms. The van der Waals surface area contributed by atoms with E-state index in [1.54, 1.807) is 24.3 Å². The normalized spacial score (nSPS) is 13.2. The molecule has 1 amide bonds. The average molecular weight is 332 g/mol. The Balaban J connectivity index is 1.59. The van der Waals surface area contributed by atoms with Crippen LogP contribution in [-0.4, -0.2) is 16.7 Å². The molecule has 1 aliphatic heterocycles. The Morgan fingerprint density at radius 1 is 0.880 bits per heavy atom. The highest BCUT2D eigenvalue weighted by molar-refractivity contribution is 6.52. The lowest BCUT2D eigenvalue weighted by atomic mass is 10.1. The monoisotopic (exact) mass is 332 g/mol. The zero-order valence-corrected chi connectivity index (χ0v) is 13.1. The second-order valence-electron chi connectivity index (χ2n) is 5.80. The molecule has 0 radical (unpaired) electrons. The van der Waals surface area contributed by atoms with Crippen LogP contribution in [0.25, 0.3) is 11.1 Å². The first-order valence-corrected chi connectivity index (χ1v) is 7.79. The van der Waals surface area contributed by atoms with Crippen LogP contribution in [0.2, 0.25) is 0 Å². The molecule has 0 saturated carbocycles. The van der Waals surface area contributed by atoms with Crippen molar-refractivity contribution in [3.05, 3.63) is 83.9 Å². The molecule has 0 spiro atoms. The number of amides is 1. The molecule has 2 heterocycles. The van der Waals surface area contributed by atoms with Gasteiger partial charge in [-0.1, -0.05) is 36.4 Å². The molecule has 122 valence electrons. The molecule has 0 atom stereocenters. The van der Waals surface area contributed by atoms with Gasteiger partial charge in [0.2, 0.25) is 5.95 Å². The van der Waals surface area contributed by atoms with Gasteiger partial charge in [0.25, 0.3) is 11.7 Å². The first kappa shape index (κ1) is 15.2. The first-order chi connectivity index (χ1) is 12.1. The summed E-state index contributed by atoms with van der Waals surface area (Å²) in [6, 6.07) is 17.5. The van der Waals surface area contributed by atoms with Gasteiger partial charge in [-0.15, -0.1) is 0 Å². The molecular weight excluding hydrogens is 319 g/mol. The number of aromatic nitrogens is 1. The molecule has 0 saturated heterocycles. The highest BCUT2D eigenvalue weighted by Gasteiger charge is 2.35. The van der Waals surface area contributed by atoms with Gasteiger partial charge in [0.05, 0.1) is 17.8 Å². The smallest absolute Gasteiger partial charge is 0.299 e. The van der Waals surface area contributed by atoms with Crippen molar-refractivity contribution < 1.29 is 14.0 Å². The number of ketones is 1. The summed E-state index contributed by atoms with van der Waals surface area (Å²) in [5.74, 6) is -1.49. The number of fused-ring (bicyclic) bond motifs is 1. The number of nitrogens with zero attached hydrogens (tertiary/aromatic N) is 2. The maximum absolute atomic E-state index is 12.9. The Kier molecular flexibility index (Phi) is 3.61. The molecule has 3 aromatic rings. The van der Waals surface area contributed by atoms with Gasteiger partial charge < -0.3 is 4.90 Å². The van der Waals surface area contributed by atoms with Crippen molar-refractivity contribution >= 4 is 17.4 Å². The molecule has 0 aliphatic carbocycles. The fraction of sp³-hybridized carbons (Fsp3) is 0.0500. The van der Waals surface area contributed by atoms with Gasteiger partial charge in [-0.2, -0.15) is 4.39 Å². The number of hydrogen-bond donors (Lipinski definition) is 0. The number of para-hydroxylation sites is 1. The van der Waals surface area contributed by atoms with E-state index < -0.39 is 17.6 Å². The summed E-state index contributed by atoms with van der Waals surface area (Å²) < 4.78 is 12.9. The van der Waals surface area contributed by atoms with Crippen LogP contribution in [-0.2, 0) is 11.3 Å². The number of pyridine rings is 1. The zero-order valence-electron chi connectivity index (χ0n) is 13.1. The maximum Gasteiger partial charge on any atom is 0.299 e. The van der Waals surface area contributed by atoms with Gasteiger partial charge >= 0.3 is 0 Å². The van der Waals surface area contributed by atoms with Crippen LogP contribution in [0.1, 0.15) is 15.9 Å². The van der Waals surface area contributed by atoms with Crippen molar-refractivity contribution in [2.24, 2.45) is 0 Å². The van der Waals surface area contributed by atoms with Crippen molar-refractivity contribution in [2.45, 2.75) is 6.54 Å². The minimum Gasteiger partial charge on any atom is -0.300 e. The molecule has 25 heavy (non-hydrogen) atoms. The van der Waals surface area contributed by atoms with Crippen LogP contribution < -0.4 is 4.90 Å². The Bertz CT molecular complexity index is 966. The van der Waals surface area contributed by atoms with Crippen molar-refractivity contribution in [3.63, 3.8) is 0 Å². The number of carbonyl (C=O) groups excluding carboxylic acids is 2. The summed E-state index contributed by atoms with van der Waals surface area (Å²) in [5, 5.41) is 0. The van der Waals surface area contributed by atoms with Gasteiger partial charge in [-0.25, -0.2) is 4.98 Å². The fourth-order valence-corrected chi connectivity index (χ4v) is 2.94. The summed E-state index contributed by atoms with van der Waals surface area (Å²) in [6.07, 6.45) is 1.48. The van der Waals surface area contributed by atoms with E-state index in [1.165, 1.54) is 17.2 Å². The predicted molar refractivity (Wildman–Crippen MR) is 91.6 cm³/mol. The highest BCUT2D eigenvalue weighted by atomic mass is 19.1. The van der Waals surface area contributed by atoms with Crippen molar-refractivity contribution in [1.29, 1.82) is 0 Å². The maximum atomic E-state index is 12.9. The Morgan fingerprint density at radius 3 is 2.32 bits per heavy atom. The van der Waals surface area contributed by atoms with Crippen LogP contribution >= 0.6 is 0 Å². The predicted octanol–water partition coefficient (Wildman–Crippen LogP) is 3.62. The number of halogens is 1. The average Bonchev–Trinajstić information content (AvgIpc) is 2.88. The molecular formula is C20H13FN2O2. The van der Waals surface area contributed by atoms with E-state index in [1.807, 2.05) is 30.3 Å². The lowest BCUT2D eigenvalue weighted by Gasteiger charge is -2.16. The topological polar surface area (TPSA) is 50.3 Å². The second-order valence-corrected chi connectivity index (χ2v) is 5.80. The first-order valence-electron chi connectivity index (χ1n) is 7.79. The van der Waals surface area contributed by atoms with Crippen LogP contribution in [0, 0.1) is 5.95 Å². The Morgan fingerprint density at radius 2 is 1.60 bits per heavy atom. The summed E-state index contributed by atoms with van der Waals surface area (Å²) >= 11 is 0. The van der Waals surface area contributed by atoms with Crippen molar-refractivity contribution in [2.75, 3.05) is 4.90 Å². The summed E-state index contributed by atoms with van der Waals surface area (Å²) in [6.45, 7) is 0.323. The molecule has 1 aromatic heterocycles. The van der Waals surface area contributed by atoms with Crippen LogP contribution in [0.4, 0.5) is 10.1 Å². The molecule has 1 aliphatic rings. The van der Waals surface area contributed by atoms with E-state index in [-0.39, 0.29) is 0 Å². The van der Waals surface area contributed by atoms with Crippen LogP contribution in [0.5, 0.6) is 0 Å². The van der Waals surface area contributed by atoms with E-state index in [2.05, 4.69) is 4.98 Å². The van der Waals surface area contributed by atoms with Gasteiger partial charge in [-0.05, 0) is 35.4 Å². The van der Waals surface area contributed by atoms with Gasteiger partial charge in [0.15, 0.2) is 0 Å². The number of Topliss-reactive ketones (excluding diaryl/α,β-unsaturated/α-hetero) is 1. The van der Waals surface area contributed by atoms with Crippen molar-refractivity contribution in [1.82, 2.24) is 4.98 Å². The quantitative estimate of drug-likeness (QED) is 0.544. The lowest BCUT2D eigenvalue weighted by Crippen LogP contribution is -2.29. The molecule has 4 rings (SSSR count). The van der Waals surface area contributed by atoms with Gasteiger partial charge in [0.1, 0.15) is 0 Å². The van der Waals surface area contributed by atoms with E-state index in [0.717, 1.165) is 16.7 Å². The minimum atomic E-state index is -0.517. The summed E-state index contributed by atoms with van der Waals surface area (Å²) in [4.78, 5) is 29.4. The van der Waals surface area contributed by atoms with Crippen LogP contribution in [0.3, 0.4) is 0 Å². The Labute approximate surface area is 143 Å². The summed E-state index contributed by atoms with van der Waals surface area (Å²) in [5.41, 5.74) is 3.70. The largest absolute Gasteiger partial charge is 0.300 e. The number of rotatable bonds is 3. The van der Waals surface area contributed by atoms with E-state index in [0.29, 0.717) is 17.8 Å². The van der Waals surface area contributed by atoms with E-state index >= 15 is 0 Å². The molecule has 0 N–H and O–H groups in total. The standard InChI is InChI=1S/C20H13FN2O2/c21-18-10-9-15(11-22-18)14-7-5-13(6-8-14)12-23-17-4-2-1-3-16(17)19(24)20(23)25/h1-11H,12H2. The van der Waals surface area contributed by atoms with E-state index in [9.17, 15) is 14.0 Å². The number of anilines is 1. The van der Waals surface area contributed by atoms with Crippen LogP contribution in [0.15, 0.2) is 66.9 Å². The fourth-order valence-electron chi connectivity index (χ4n) is 2.94. The van der Waals surface area contributed by atoms with Gasteiger partial charge in [0, 0.05) is 11.8 Å². The SMILES string of the molecule is O=C1C(=O)N(Cc2ccc(-c3ccc(F)nc3)cc2)c2ccccc21. The number of carbonyl (C=O) groups is 2. The van der Waals surface area contributed by atoms with Crippen molar-refractivity contribution in [3.8, 4) is 11.1 Å². The highest BCUT2D eigenvalue weighted by Crippen LogP contribution is 2.30. The van der Waals surface area contributed by atoms with Gasteiger partial charge in [-0.3, -0.25) is 9.59 Å². The third-order valence-corrected chi connectivity index (χ3v) is 4.23.